The van der Waals surface area contributed by atoms with E-state index in [2.05, 4.69) is 35.9 Å². The summed E-state index contributed by atoms with van der Waals surface area (Å²) in [7, 11) is 3.12. The summed E-state index contributed by atoms with van der Waals surface area (Å²) in [6.45, 7) is 5.12. The third kappa shape index (κ3) is 17.3. The van der Waals surface area contributed by atoms with Crippen molar-refractivity contribution >= 4 is 18.1 Å². The average molecular weight is 1110 g/mol. The molecule has 0 saturated heterocycles. The number of amides is 3. The van der Waals surface area contributed by atoms with Crippen molar-refractivity contribution < 1.29 is 51.6 Å². The maximum atomic E-state index is 13.0. The van der Waals surface area contributed by atoms with Crippen LogP contribution in [0.25, 0.3) is 22.9 Å². The van der Waals surface area contributed by atoms with Gasteiger partial charge in [0.05, 0.1) is 57.9 Å². The first kappa shape index (κ1) is 57.7. The lowest BCUT2D eigenvalue weighted by Crippen LogP contribution is -2.41. The topological polar surface area (TPSA) is 255 Å². The summed E-state index contributed by atoms with van der Waals surface area (Å²) < 4.78 is 44.9. The van der Waals surface area contributed by atoms with Gasteiger partial charge in [-0.2, -0.15) is 10.5 Å². The van der Waals surface area contributed by atoms with E-state index in [-0.39, 0.29) is 39.1 Å². The lowest BCUT2D eigenvalue weighted by molar-refractivity contribution is -0.121. The highest BCUT2D eigenvalue weighted by molar-refractivity contribution is 5.83. The Morgan fingerprint density at radius 2 is 1.01 bits per heavy atom. The molecule has 0 saturated carbocycles. The van der Waals surface area contributed by atoms with E-state index in [0.717, 1.165) is 45.2 Å². The molecule has 0 bridgehead atoms. The monoisotopic (exact) mass is 1110 g/mol. The first-order valence-electron chi connectivity index (χ1n) is 26.1. The van der Waals surface area contributed by atoms with Gasteiger partial charge in [-0.05, 0) is 122 Å². The van der Waals surface area contributed by atoms with Gasteiger partial charge >= 0.3 is 12.2 Å². The Labute approximate surface area is 473 Å². The molecule has 3 aromatic heterocycles. The molecular weight excluding hydrogens is 1050 g/mol. The van der Waals surface area contributed by atoms with Crippen LogP contribution in [-0.4, -0.2) is 99.0 Å². The molecule has 0 fully saturated rings. The molecule has 3 heterocycles. The van der Waals surface area contributed by atoms with Crippen LogP contribution in [0.3, 0.4) is 0 Å². The van der Waals surface area contributed by atoms with Crippen LogP contribution in [0, 0.1) is 25.2 Å². The molecule has 420 valence electrons. The maximum Gasteiger partial charge on any atom is 0.416 e. The number of carbonyl (C=O) groups excluding carboxylic acids is 3. The smallest absolute Gasteiger partial charge is 0.416 e. The molecule has 0 radical (unpaired) electrons. The zero-order valence-electron chi connectivity index (χ0n) is 45.7. The summed E-state index contributed by atoms with van der Waals surface area (Å²) in [6, 6.07) is 49.6. The Morgan fingerprint density at radius 3 is 1.45 bits per heavy atom. The van der Waals surface area contributed by atoms with Crippen LogP contribution in [0.15, 0.2) is 167 Å². The van der Waals surface area contributed by atoms with E-state index >= 15 is 0 Å². The number of carbonyl (C=O) groups is 3. The van der Waals surface area contributed by atoms with Gasteiger partial charge in [-0.25, -0.2) is 19.6 Å². The van der Waals surface area contributed by atoms with Gasteiger partial charge < -0.3 is 42.6 Å². The lowest BCUT2D eigenvalue weighted by Gasteiger charge is -2.22. The van der Waals surface area contributed by atoms with Crippen LogP contribution < -0.4 is 33.7 Å². The molecule has 9 rings (SSSR count). The molecule has 6 aromatic carbocycles. The number of nitrogens with zero attached hydrogens (tertiary/aromatic N) is 8. The predicted molar refractivity (Wildman–Crippen MR) is 300 cm³/mol. The Hall–Kier alpha value is -10.5. The minimum atomic E-state index is -0.686. The maximum absolute atomic E-state index is 13.0. The van der Waals surface area contributed by atoms with E-state index in [1.165, 1.54) is 9.80 Å². The molecule has 0 aliphatic carbocycles. The van der Waals surface area contributed by atoms with Crippen LogP contribution in [0.4, 0.5) is 9.59 Å². The number of oxazole rings is 2. The molecular formula is C61H60N10O11. The summed E-state index contributed by atoms with van der Waals surface area (Å²) >= 11 is 0. The quantitative estimate of drug-likeness (QED) is 0.0533. The number of aryl methyl sites for hydroxylation is 2. The second kappa shape index (κ2) is 29.5. The number of hydrogen-bond acceptors (Lipinski definition) is 17. The van der Waals surface area contributed by atoms with E-state index in [9.17, 15) is 14.4 Å². The number of tetrazole rings is 1. The highest BCUT2D eigenvalue weighted by atomic mass is 16.6. The number of H-pyrrole nitrogens is 1. The normalized spacial score (nSPS) is 10.6. The number of rotatable bonds is 24. The number of hydrogen-bond donors (Lipinski definition) is 2. The minimum Gasteiger partial charge on any atom is -0.497 e. The molecule has 0 spiro atoms. The number of nitriles is 1. The van der Waals surface area contributed by atoms with Crippen molar-refractivity contribution in [3.05, 3.63) is 198 Å². The van der Waals surface area contributed by atoms with Gasteiger partial charge in [-0.15, -0.1) is 10.2 Å². The Kier molecular flexibility index (Phi) is 20.7. The fraction of sp³-hybridized carbons (Fsp3) is 0.230. The van der Waals surface area contributed by atoms with E-state index in [1.54, 1.807) is 74.9 Å². The van der Waals surface area contributed by atoms with E-state index in [1.807, 2.05) is 117 Å². The number of ether oxygens (including phenoxy) is 6. The Bertz CT molecular complexity index is 3460. The van der Waals surface area contributed by atoms with Gasteiger partial charge in [0.2, 0.25) is 17.7 Å². The van der Waals surface area contributed by atoms with Gasteiger partial charge in [0.25, 0.3) is 0 Å². The molecule has 82 heavy (non-hydrogen) atoms. The highest BCUT2D eigenvalue weighted by Crippen LogP contribution is 2.26. The molecule has 21 heteroatoms. The third-order valence-corrected chi connectivity index (χ3v) is 12.3. The zero-order valence-corrected chi connectivity index (χ0v) is 45.7. The lowest BCUT2D eigenvalue weighted by atomic mass is 10.2. The summed E-state index contributed by atoms with van der Waals surface area (Å²) in [6.07, 6.45) is 0.130. The number of aromatic amines is 1. The molecule has 0 atom stereocenters. The van der Waals surface area contributed by atoms with Crippen molar-refractivity contribution in [3.8, 4) is 63.5 Å². The van der Waals surface area contributed by atoms with Crippen molar-refractivity contribution in [1.82, 2.24) is 45.7 Å². The van der Waals surface area contributed by atoms with Gasteiger partial charge in [-0.3, -0.25) is 14.6 Å². The summed E-state index contributed by atoms with van der Waals surface area (Å²) in [4.78, 5) is 50.5. The van der Waals surface area contributed by atoms with Gasteiger partial charge in [0.1, 0.15) is 52.6 Å². The number of benzene rings is 6. The van der Waals surface area contributed by atoms with Crippen molar-refractivity contribution in [2.24, 2.45) is 0 Å². The summed E-state index contributed by atoms with van der Waals surface area (Å²) in [5, 5.41) is 25.3. The molecule has 3 amide bonds. The second-order valence-electron chi connectivity index (χ2n) is 18.1. The molecule has 9 aromatic rings. The van der Waals surface area contributed by atoms with Gasteiger partial charge in [0.15, 0.2) is 5.82 Å². The van der Waals surface area contributed by atoms with Crippen molar-refractivity contribution in [2.75, 3.05) is 40.5 Å². The van der Waals surface area contributed by atoms with Crippen LogP contribution in [0.1, 0.15) is 46.3 Å². The fourth-order valence-electron chi connectivity index (χ4n) is 7.98. The van der Waals surface area contributed by atoms with Crippen molar-refractivity contribution in [1.29, 1.82) is 5.26 Å². The number of aromatic nitrogens is 6. The highest BCUT2D eigenvalue weighted by Gasteiger charge is 2.22. The van der Waals surface area contributed by atoms with E-state index in [0.29, 0.717) is 78.2 Å². The van der Waals surface area contributed by atoms with Crippen LogP contribution in [0.2, 0.25) is 0 Å². The van der Waals surface area contributed by atoms with Crippen molar-refractivity contribution in [3.63, 3.8) is 0 Å². The SMILES string of the molecule is COc1ccc(OC(=O)N(CC(=O)NCCC#N)Cc2ccc(OCCc3nc(-c4ccccc4)oc3C)cc2)cc1.COc1ccc(OC(=O)N(Cc2ccc(OCCc3nc(-c4ccccc4)oc3C)cc2)Cc2nn[nH]n2)cc1. The molecule has 21 nitrogen and oxygen atoms in total. The minimum absolute atomic E-state index is 0.117. The van der Waals surface area contributed by atoms with Crippen LogP contribution >= 0.6 is 0 Å². The summed E-state index contributed by atoms with van der Waals surface area (Å²) in [5.41, 5.74) is 5.22. The predicted octanol–water partition coefficient (Wildman–Crippen LogP) is 10.3. The third-order valence-electron chi connectivity index (χ3n) is 12.3. The van der Waals surface area contributed by atoms with E-state index in [4.69, 9.17) is 42.5 Å². The zero-order chi connectivity index (χ0) is 57.5. The van der Waals surface area contributed by atoms with Gasteiger partial charge in [-0.1, -0.05) is 65.9 Å². The average Bonchev–Trinajstić information content (AvgIpc) is 4.32. The first-order chi connectivity index (χ1) is 40.0. The second-order valence-corrected chi connectivity index (χ2v) is 18.1. The Morgan fingerprint density at radius 1 is 0.573 bits per heavy atom. The molecule has 0 unspecified atom stereocenters. The molecule has 0 aliphatic heterocycles. The van der Waals surface area contributed by atoms with Crippen LogP contribution in [0.5, 0.6) is 34.5 Å². The summed E-state index contributed by atoms with van der Waals surface area (Å²) in [5.74, 6) is 6.06. The molecule has 2 N–H and O–H groups in total. The van der Waals surface area contributed by atoms with Gasteiger partial charge in [0, 0.05) is 43.6 Å². The van der Waals surface area contributed by atoms with Crippen LogP contribution in [-0.2, 0) is 37.3 Å². The fourth-order valence-corrected chi connectivity index (χ4v) is 7.98. The Balaban J connectivity index is 0.000000215. The number of nitrogens with one attached hydrogen (secondary N) is 2. The first-order valence-corrected chi connectivity index (χ1v) is 26.1. The standard InChI is InChI=1S/C32H32N4O6.C29H28N6O5/c1-23-29(35-31(41-23)25-7-4-3-5-8-25)17-20-40-27-11-9-24(10-12-27)21-36(22-30(37)34-19-6-18-33)32(38)42-28-15-13-26(39-2)14-16-28;1-20-26(30-28(39-20)22-6-4-3-5-7-22)16-17-38-24-10-8-21(9-11-24)18-35(19-27-31-33-34-32-27)29(36)40-25-14-12-23(37-2)13-15-25/h3-5,7-16H,6,17,19-22H2,1-2H3,(H,34,37);3-15H,16-19H2,1-2H3,(H,31,32,33,34). The molecule has 0 aliphatic rings. The number of methoxy groups -OCH3 is 2. The largest absolute Gasteiger partial charge is 0.497 e. The van der Waals surface area contributed by atoms with Crippen molar-refractivity contribution in [2.45, 2.75) is 52.7 Å². The van der Waals surface area contributed by atoms with E-state index < -0.39 is 18.1 Å².